The summed E-state index contributed by atoms with van der Waals surface area (Å²) in [6.45, 7) is 2.19. The number of amides is 1. The molecule has 0 spiro atoms. The molecule has 2 atom stereocenters. The van der Waals surface area contributed by atoms with Gasteiger partial charge in [-0.1, -0.05) is 0 Å². The topological polar surface area (TPSA) is 78.9 Å². The molecule has 0 bridgehead atoms. The van der Waals surface area contributed by atoms with E-state index in [0.717, 1.165) is 25.9 Å². The molecule has 2 aliphatic rings. The van der Waals surface area contributed by atoms with Gasteiger partial charge in [0.15, 0.2) is 0 Å². The number of carboxylic acids is 1. The Hall–Kier alpha value is -1.35. The Morgan fingerprint density at radius 2 is 1.65 bits per heavy atom. The van der Waals surface area contributed by atoms with Gasteiger partial charge < -0.3 is 20.1 Å². The zero-order chi connectivity index (χ0) is 17.6. The molecule has 0 saturated carbocycles. The van der Waals surface area contributed by atoms with Crippen molar-refractivity contribution < 1.29 is 32.6 Å². The molecule has 2 rings (SSSR count). The highest BCUT2D eigenvalue weighted by Gasteiger charge is 2.38. The van der Waals surface area contributed by atoms with E-state index in [1.54, 1.807) is 19.0 Å². The van der Waals surface area contributed by atoms with Gasteiger partial charge >= 0.3 is 12.1 Å². The number of nitrogens with one attached hydrogen (secondary N) is 1. The number of carbonyl (C=O) groups is 2. The number of nitrogens with zero attached hydrogens (tertiary/aromatic N) is 1. The third-order valence-electron chi connectivity index (χ3n) is 3.92. The first-order valence-corrected chi connectivity index (χ1v) is 7.50. The van der Waals surface area contributed by atoms with Crippen LogP contribution in [0.15, 0.2) is 0 Å². The molecule has 0 aromatic rings. The van der Waals surface area contributed by atoms with Crippen LogP contribution < -0.4 is 5.32 Å². The second-order valence-corrected chi connectivity index (χ2v) is 5.86. The Morgan fingerprint density at radius 1 is 1.13 bits per heavy atom. The number of hydrogen-bond acceptors (Lipinski definition) is 4. The molecule has 2 N–H and O–H groups in total. The number of alkyl halides is 3. The summed E-state index contributed by atoms with van der Waals surface area (Å²) in [6.07, 6.45) is -0.632. The molecule has 0 aromatic carbocycles. The van der Waals surface area contributed by atoms with E-state index in [1.807, 2.05) is 0 Å². The molecule has 0 radical (unpaired) electrons. The third kappa shape index (κ3) is 6.34. The zero-order valence-corrected chi connectivity index (χ0v) is 13.2. The Balaban J connectivity index is 0.000000322. The van der Waals surface area contributed by atoms with Crippen LogP contribution in [0.4, 0.5) is 13.2 Å². The summed E-state index contributed by atoms with van der Waals surface area (Å²) in [4.78, 5) is 22.3. The minimum absolute atomic E-state index is 0.122. The monoisotopic (exact) mass is 340 g/mol. The summed E-state index contributed by atoms with van der Waals surface area (Å²) < 4.78 is 37.6. The summed E-state index contributed by atoms with van der Waals surface area (Å²) in [6, 6.07) is 0. The summed E-state index contributed by atoms with van der Waals surface area (Å²) in [5.74, 6) is -1.98. The maximum absolute atomic E-state index is 11.8. The Kier molecular flexibility index (Phi) is 7.27. The van der Waals surface area contributed by atoms with Crippen LogP contribution in [0.3, 0.4) is 0 Å². The molecule has 2 heterocycles. The van der Waals surface area contributed by atoms with Gasteiger partial charge in [-0.15, -0.1) is 0 Å². The first kappa shape index (κ1) is 19.7. The van der Waals surface area contributed by atoms with Gasteiger partial charge in [-0.25, -0.2) is 4.79 Å². The summed E-state index contributed by atoms with van der Waals surface area (Å²) in [5, 5.41) is 10.5. The molecule has 2 fully saturated rings. The number of ether oxygens (including phenoxy) is 1. The number of hydrogen-bond donors (Lipinski definition) is 2. The highest BCUT2D eigenvalue weighted by atomic mass is 19.4. The molecule has 9 heteroatoms. The lowest BCUT2D eigenvalue weighted by atomic mass is 9.91. The number of piperidine rings is 1. The van der Waals surface area contributed by atoms with E-state index >= 15 is 0 Å². The van der Waals surface area contributed by atoms with Gasteiger partial charge in [0.2, 0.25) is 0 Å². The highest BCUT2D eigenvalue weighted by molar-refractivity contribution is 5.80. The van der Waals surface area contributed by atoms with Crippen molar-refractivity contribution in [2.45, 2.75) is 44.1 Å². The molecule has 1 amide bonds. The summed E-state index contributed by atoms with van der Waals surface area (Å²) in [5.41, 5.74) is 0. The van der Waals surface area contributed by atoms with Crippen molar-refractivity contribution in [3.05, 3.63) is 0 Å². The minimum atomic E-state index is -5.08. The normalized spacial score (nSPS) is 25.4. The van der Waals surface area contributed by atoms with Gasteiger partial charge in [-0.2, -0.15) is 13.2 Å². The molecule has 0 aromatic heterocycles. The van der Waals surface area contributed by atoms with Crippen LogP contribution in [-0.2, 0) is 14.3 Å². The average Bonchev–Trinajstić information content (AvgIpc) is 2.96. The maximum atomic E-state index is 11.8. The number of carbonyl (C=O) groups excluding carboxylic acids is 1. The van der Waals surface area contributed by atoms with Crippen LogP contribution in [0.2, 0.25) is 0 Å². The van der Waals surface area contributed by atoms with E-state index in [2.05, 4.69) is 5.32 Å². The van der Waals surface area contributed by atoms with Gasteiger partial charge in [0.1, 0.15) is 6.10 Å². The largest absolute Gasteiger partial charge is 0.490 e. The van der Waals surface area contributed by atoms with Crippen molar-refractivity contribution in [2.75, 3.05) is 27.2 Å². The number of carboxylic acid groups (broad SMARTS) is 1. The van der Waals surface area contributed by atoms with Crippen molar-refractivity contribution in [1.82, 2.24) is 10.2 Å². The predicted octanol–water partition coefficient (Wildman–Crippen LogP) is 1.26. The van der Waals surface area contributed by atoms with Crippen molar-refractivity contribution >= 4 is 11.9 Å². The van der Waals surface area contributed by atoms with Crippen molar-refractivity contribution in [2.24, 2.45) is 5.92 Å². The first-order chi connectivity index (χ1) is 10.6. The van der Waals surface area contributed by atoms with Crippen LogP contribution in [0, 0.1) is 5.92 Å². The minimum Gasteiger partial charge on any atom is -0.475 e. The smallest absolute Gasteiger partial charge is 0.475 e. The molecule has 6 nitrogen and oxygen atoms in total. The second kappa shape index (κ2) is 8.49. The van der Waals surface area contributed by atoms with Crippen LogP contribution in [0.1, 0.15) is 25.7 Å². The molecular weight excluding hydrogens is 317 g/mol. The van der Waals surface area contributed by atoms with Gasteiger partial charge in [0.25, 0.3) is 5.91 Å². The molecular formula is C14H23F3N2O4. The van der Waals surface area contributed by atoms with E-state index < -0.39 is 12.1 Å². The summed E-state index contributed by atoms with van der Waals surface area (Å²) >= 11 is 0. The van der Waals surface area contributed by atoms with Crippen molar-refractivity contribution in [3.8, 4) is 0 Å². The molecule has 23 heavy (non-hydrogen) atoms. The molecule has 134 valence electrons. The van der Waals surface area contributed by atoms with Crippen LogP contribution in [-0.4, -0.2) is 67.5 Å². The van der Waals surface area contributed by atoms with E-state index in [-0.39, 0.29) is 12.0 Å². The Labute approximate surface area is 133 Å². The second-order valence-electron chi connectivity index (χ2n) is 5.86. The number of likely N-dealkylation sites (N-methyl/N-ethyl adjacent to an activating group) is 1. The molecule has 2 unspecified atom stereocenters. The molecule has 2 saturated heterocycles. The lowest BCUT2D eigenvalue weighted by molar-refractivity contribution is -0.192. The van der Waals surface area contributed by atoms with Gasteiger partial charge in [0.05, 0.1) is 6.10 Å². The van der Waals surface area contributed by atoms with Crippen molar-refractivity contribution in [3.63, 3.8) is 0 Å². The van der Waals surface area contributed by atoms with E-state index in [4.69, 9.17) is 14.6 Å². The lowest BCUT2D eigenvalue weighted by Crippen LogP contribution is -2.37. The third-order valence-corrected chi connectivity index (χ3v) is 3.92. The average molecular weight is 340 g/mol. The van der Waals surface area contributed by atoms with Gasteiger partial charge in [-0.3, -0.25) is 4.79 Å². The zero-order valence-electron chi connectivity index (χ0n) is 13.2. The predicted molar refractivity (Wildman–Crippen MR) is 75.9 cm³/mol. The first-order valence-electron chi connectivity index (χ1n) is 7.50. The van der Waals surface area contributed by atoms with E-state index in [0.29, 0.717) is 12.0 Å². The fourth-order valence-electron chi connectivity index (χ4n) is 2.70. The fraction of sp³-hybridized carbons (Fsp3) is 0.857. The fourth-order valence-corrected chi connectivity index (χ4v) is 2.70. The molecule has 0 aliphatic carbocycles. The number of aliphatic carboxylic acids is 1. The van der Waals surface area contributed by atoms with Crippen molar-refractivity contribution in [1.29, 1.82) is 0 Å². The Morgan fingerprint density at radius 3 is 2.09 bits per heavy atom. The highest BCUT2D eigenvalue weighted by Crippen LogP contribution is 2.30. The lowest BCUT2D eigenvalue weighted by Gasteiger charge is -2.28. The number of rotatable bonds is 2. The summed E-state index contributed by atoms with van der Waals surface area (Å²) in [7, 11) is 3.59. The Bertz CT molecular complexity index is 409. The van der Waals surface area contributed by atoms with E-state index in [9.17, 15) is 18.0 Å². The number of halogens is 3. The van der Waals surface area contributed by atoms with Gasteiger partial charge in [0, 0.05) is 14.1 Å². The van der Waals surface area contributed by atoms with E-state index in [1.165, 1.54) is 12.8 Å². The van der Waals surface area contributed by atoms with Crippen LogP contribution >= 0.6 is 0 Å². The quantitative estimate of drug-likeness (QED) is 0.791. The van der Waals surface area contributed by atoms with Gasteiger partial charge in [-0.05, 0) is 44.7 Å². The van der Waals surface area contributed by atoms with Crippen LogP contribution in [0.5, 0.6) is 0 Å². The molecule has 2 aliphatic heterocycles. The maximum Gasteiger partial charge on any atom is 0.490 e. The van der Waals surface area contributed by atoms with Crippen LogP contribution in [0.25, 0.3) is 0 Å². The standard InChI is InChI=1S/C12H22N2O2.C2HF3O2/c1-14(2)12(15)11-4-3-10(16-11)9-5-7-13-8-6-9;3-2(4,5)1(6)7/h9-11,13H,3-8H2,1-2H3;(H,6,7). The SMILES string of the molecule is CN(C)C(=O)C1CCC(C2CCNCC2)O1.O=C(O)C(F)(F)F.